The zero-order valence-corrected chi connectivity index (χ0v) is 12.1. The number of hydrogen-bond acceptors (Lipinski definition) is 4. The standard InChI is InChI=1S/C12H20N4O3S/c1-2-9(8-13)6-12(17)15-10-4-3-5-11(7-10)16-20(14,18)19/h3-5,7,9,16H,2,6,8,13H2,1H3,(H,15,17)(H2,14,18,19). The van der Waals surface area contributed by atoms with E-state index in [4.69, 9.17) is 10.9 Å². The average molecular weight is 300 g/mol. The lowest BCUT2D eigenvalue weighted by Crippen LogP contribution is -2.22. The molecular weight excluding hydrogens is 280 g/mol. The highest BCUT2D eigenvalue weighted by Gasteiger charge is 2.11. The Morgan fingerprint density at radius 2 is 2.00 bits per heavy atom. The topological polar surface area (TPSA) is 127 Å². The predicted octanol–water partition coefficient (Wildman–Crippen LogP) is 0.616. The number of nitrogens with one attached hydrogen (secondary N) is 2. The minimum absolute atomic E-state index is 0.140. The van der Waals surface area contributed by atoms with E-state index in [-0.39, 0.29) is 17.5 Å². The largest absolute Gasteiger partial charge is 0.330 e. The van der Waals surface area contributed by atoms with Gasteiger partial charge in [0.1, 0.15) is 0 Å². The van der Waals surface area contributed by atoms with Crippen LogP contribution in [-0.4, -0.2) is 20.9 Å². The second-order valence-electron chi connectivity index (χ2n) is 4.49. The van der Waals surface area contributed by atoms with Crippen LogP contribution in [0.25, 0.3) is 0 Å². The van der Waals surface area contributed by atoms with Crippen LogP contribution in [0.3, 0.4) is 0 Å². The molecule has 1 aromatic rings. The predicted molar refractivity (Wildman–Crippen MR) is 79.3 cm³/mol. The Morgan fingerprint density at radius 3 is 2.55 bits per heavy atom. The van der Waals surface area contributed by atoms with Crippen molar-refractivity contribution in [3.8, 4) is 0 Å². The summed E-state index contributed by atoms with van der Waals surface area (Å²) in [6, 6.07) is 6.31. The number of amides is 1. The van der Waals surface area contributed by atoms with E-state index in [2.05, 4.69) is 10.0 Å². The fourth-order valence-corrected chi connectivity index (χ4v) is 2.15. The Morgan fingerprint density at radius 1 is 1.35 bits per heavy atom. The third kappa shape index (κ3) is 6.00. The highest BCUT2D eigenvalue weighted by Crippen LogP contribution is 2.16. The molecule has 0 bridgehead atoms. The zero-order chi connectivity index (χ0) is 15.2. The minimum atomic E-state index is -3.83. The molecule has 112 valence electrons. The van der Waals surface area contributed by atoms with Gasteiger partial charge >= 0.3 is 0 Å². The van der Waals surface area contributed by atoms with Crippen LogP contribution >= 0.6 is 0 Å². The summed E-state index contributed by atoms with van der Waals surface area (Å²) < 4.78 is 24.0. The first-order valence-corrected chi connectivity index (χ1v) is 7.79. The molecule has 0 heterocycles. The lowest BCUT2D eigenvalue weighted by molar-refractivity contribution is -0.117. The molecule has 0 aliphatic rings. The molecule has 1 atom stereocenters. The van der Waals surface area contributed by atoms with Gasteiger partial charge in [-0.15, -0.1) is 0 Å². The zero-order valence-electron chi connectivity index (χ0n) is 11.3. The van der Waals surface area contributed by atoms with Crippen molar-refractivity contribution >= 4 is 27.5 Å². The second kappa shape index (κ2) is 7.22. The van der Waals surface area contributed by atoms with Crippen LogP contribution in [0.15, 0.2) is 24.3 Å². The molecule has 7 nitrogen and oxygen atoms in total. The molecule has 0 spiro atoms. The lowest BCUT2D eigenvalue weighted by Gasteiger charge is -2.12. The summed E-state index contributed by atoms with van der Waals surface area (Å²) in [5, 5.41) is 7.58. The first-order chi connectivity index (χ1) is 9.34. The van der Waals surface area contributed by atoms with Crippen molar-refractivity contribution in [1.82, 2.24) is 0 Å². The molecule has 6 N–H and O–H groups in total. The molecule has 0 aromatic heterocycles. The van der Waals surface area contributed by atoms with Crippen LogP contribution in [0, 0.1) is 5.92 Å². The van der Waals surface area contributed by atoms with Crippen LogP contribution in [0.1, 0.15) is 19.8 Å². The monoisotopic (exact) mass is 300 g/mol. The molecule has 0 fully saturated rings. The molecule has 0 saturated carbocycles. The Bertz CT molecular complexity index is 556. The van der Waals surface area contributed by atoms with E-state index in [1.54, 1.807) is 12.1 Å². The average Bonchev–Trinajstić information content (AvgIpc) is 2.34. The third-order valence-electron chi connectivity index (χ3n) is 2.79. The summed E-state index contributed by atoms with van der Waals surface area (Å²) in [6.07, 6.45) is 1.16. The smallest absolute Gasteiger partial charge is 0.296 e. The Labute approximate surface area is 118 Å². The van der Waals surface area contributed by atoms with Gasteiger partial charge in [-0.3, -0.25) is 9.52 Å². The fraction of sp³-hybridized carbons (Fsp3) is 0.417. The number of carbonyl (C=O) groups excluding carboxylic acids is 1. The number of anilines is 2. The van der Waals surface area contributed by atoms with Crippen molar-refractivity contribution in [3.05, 3.63) is 24.3 Å². The van der Waals surface area contributed by atoms with E-state index >= 15 is 0 Å². The van der Waals surface area contributed by atoms with Crippen LogP contribution < -0.4 is 20.9 Å². The maximum absolute atomic E-state index is 11.8. The summed E-state index contributed by atoms with van der Waals surface area (Å²) in [6.45, 7) is 2.43. The van der Waals surface area contributed by atoms with E-state index in [9.17, 15) is 13.2 Å². The summed E-state index contributed by atoms with van der Waals surface area (Å²) in [7, 11) is -3.83. The van der Waals surface area contributed by atoms with Gasteiger partial charge in [0.25, 0.3) is 10.2 Å². The molecule has 20 heavy (non-hydrogen) atoms. The van der Waals surface area contributed by atoms with Crippen LogP contribution in [0.4, 0.5) is 11.4 Å². The molecule has 0 saturated heterocycles. The van der Waals surface area contributed by atoms with Gasteiger partial charge in [-0.1, -0.05) is 19.4 Å². The summed E-state index contributed by atoms with van der Waals surface area (Å²) in [4.78, 5) is 11.8. The Hall–Kier alpha value is -1.64. The SMILES string of the molecule is CCC(CN)CC(=O)Nc1cccc(NS(N)(=O)=O)c1. The van der Waals surface area contributed by atoms with E-state index in [0.717, 1.165) is 6.42 Å². The van der Waals surface area contributed by atoms with Gasteiger partial charge in [0, 0.05) is 12.1 Å². The number of nitrogens with two attached hydrogens (primary N) is 2. The number of hydrogen-bond donors (Lipinski definition) is 4. The lowest BCUT2D eigenvalue weighted by atomic mass is 10.0. The molecule has 1 aromatic carbocycles. The van der Waals surface area contributed by atoms with Gasteiger partial charge in [0.15, 0.2) is 0 Å². The van der Waals surface area contributed by atoms with Crippen LogP contribution in [-0.2, 0) is 15.0 Å². The van der Waals surface area contributed by atoms with Gasteiger partial charge < -0.3 is 11.1 Å². The highest BCUT2D eigenvalue weighted by molar-refractivity contribution is 7.90. The highest BCUT2D eigenvalue weighted by atomic mass is 32.2. The van der Waals surface area contributed by atoms with Crippen molar-refractivity contribution < 1.29 is 13.2 Å². The van der Waals surface area contributed by atoms with E-state index in [1.807, 2.05) is 6.92 Å². The maximum atomic E-state index is 11.8. The molecular formula is C12H20N4O3S. The van der Waals surface area contributed by atoms with Crippen LogP contribution in [0.2, 0.25) is 0 Å². The van der Waals surface area contributed by atoms with Gasteiger partial charge in [-0.25, -0.2) is 5.14 Å². The molecule has 1 rings (SSSR count). The fourth-order valence-electron chi connectivity index (χ4n) is 1.69. The molecule has 8 heteroatoms. The summed E-state index contributed by atoms with van der Waals surface area (Å²) in [5.74, 6) is -0.0178. The molecule has 1 amide bonds. The van der Waals surface area contributed by atoms with E-state index in [0.29, 0.717) is 18.7 Å². The van der Waals surface area contributed by atoms with Crippen molar-refractivity contribution in [1.29, 1.82) is 0 Å². The van der Waals surface area contributed by atoms with E-state index in [1.165, 1.54) is 12.1 Å². The molecule has 0 aliphatic carbocycles. The molecule has 1 unspecified atom stereocenters. The van der Waals surface area contributed by atoms with Gasteiger partial charge in [-0.2, -0.15) is 8.42 Å². The molecule has 0 radical (unpaired) electrons. The first-order valence-electron chi connectivity index (χ1n) is 6.24. The van der Waals surface area contributed by atoms with E-state index < -0.39 is 10.2 Å². The number of benzene rings is 1. The Kier molecular flexibility index (Phi) is 5.93. The minimum Gasteiger partial charge on any atom is -0.330 e. The van der Waals surface area contributed by atoms with Crippen molar-refractivity contribution in [3.63, 3.8) is 0 Å². The normalized spacial score (nSPS) is 12.8. The Balaban J connectivity index is 2.68. The van der Waals surface area contributed by atoms with Crippen LogP contribution in [0.5, 0.6) is 0 Å². The number of rotatable bonds is 7. The first kappa shape index (κ1) is 16.4. The van der Waals surface area contributed by atoms with Gasteiger partial charge in [0.2, 0.25) is 5.91 Å². The second-order valence-corrected chi connectivity index (χ2v) is 5.78. The van der Waals surface area contributed by atoms with Crippen molar-refractivity contribution in [2.24, 2.45) is 16.8 Å². The number of carbonyl (C=O) groups is 1. The van der Waals surface area contributed by atoms with Gasteiger partial charge in [-0.05, 0) is 30.7 Å². The summed E-state index contributed by atoms with van der Waals surface area (Å²) >= 11 is 0. The van der Waals surface area contributed by atoms with Crippen molar-refractivity contribution in [2.45, 2.75) is 19.8 Å². The van der Waals surface area contributed by atoms with Crippen molar-refractivity contribution in [2.75, 3.05) is 16.6 Å². The quantitative estimate of drug-likeness (QED) is 0.588. The third-order valence-corrected chi connectivity index (χ3v) is 3.31. The maximum Gasteiger partial charge on any atom is 0.296 e. The summed E-state index contributed by atoms with van der Waals surface area (Å²) in [5.41, 5.74) is 6.33. The molecule has 0 aliphatic heterocycles. The van der Waals surface area contributed by atoms with Gasteiger partial charge in [0.05, 0.1) is 5.69 Å².